The van der Waals surface area contributed by atoms with Crippen LogP contribution in [0.25, 0.3) is 0 Å². The Hall–Kier alpha value is -1.69. The molecule has 1 aliphatic heterocycles. The van der Waals surface area contributed by atoms with Gasteiger partial charge in [-0.2, -0.15) is 0 Å². The first-order valence-corrected chi connectivity index (χ1v) is 8.95. The summed E-state index contributed by atoms with van der Waals surface area (Å²) in [6.07, 6.45) is 0.434. The van der Waals surface area contributed by atoms with Gasteiger partial charge in [-0.3, -0.25) is 4.79 Å². The van der Waals surface area contributed by atoms with E-state index in [9.17, 15) is 4.79 Å². The van der Waals surface area contributed by atoms with Crippen molar-refractivity contribution in [2.45, 2.75) is 35.6 Å². The summed E-state index contributed by atoms with van der Waals surface area (Å²) in [5, 5.41) is 2.91. The highest BCUT2D eigenvalue weighted by Gasteiger charge is 2.23. The summed E-state index contributed by atoms with van der Waals surface area (Å²) in [6, 6.07) is 16.6. The Morgan fingerprint density at radius 1 is 1.08 bits per heavy atom. The third-order valence-corrected chi connectivity index (χ3v) is 4.97. The molecule has 0 spiro atoms. The van der Waals surface area contributed by atoms with Crippen molar-refractivity contribution < 1.29 is 4.79 Å². The molecule has 1 amide bonds. The number of para-hydroxylation sites is 2. The highest BCUT2D eigenvalue weighted by Crippen LogP contribution is 2.47. The summed E-state index contributed by atoms with van der Waals surface area (Å²) in [5.41, 5.74) is 7.85. The minimum atomic E-state index is -0.392. The molecule has 2 aromatic rings. The minimum Gasteiger partial charge on any atom is -0.354 e. The van der Waals surface area contributed by atoms with E-state index in [-0.39, 0.29) is 18.3 Å². The lowest BCUT2D eigenvalue weighted by Crippen LogP contribution is -2.45. The van der Waals surface area contributed by atoms with Crippen LogP contribution in [-0.4, -0.2) is 24.5 Å². The zero-order chi connectivity index (χ0) is 17.2. The average Bonchev–Trinajstić information content (AvgIpc) is 2.56. The SMILES string of the molecule is CC(C)(N)CNC(=O)CCN1c2ccccc2Sc2ccccc21.Cl. The normalized spacial score (nSPS) is 12.7. The lowest BCUT2D eigenvalue weighted by atomic mass is 10.1. The van der Waals surface area contributed by atoms with E-state index in [1.165, 1.54) is 9.79 Å². The number of nitrogens with zero attached hydrogens (tertiary/aromatic N) is 1. The molecule has 3 N–H and O–H groups in total. The van der Waals surface area contributed by atoms with Crippen molar-refractivity contribution >= 4 is 41.5 Å². The molecule has 4 nitrogen and oxygen atoms in total. The summed E-state index contributed by atoms with van der Waals surface area (Å²) in [6.45, 7) is 4.93. The van der Waals surface area contributed by atoms with Gasteiger partial charge in [-0.25, -0.2) is 0 Å². The standard InChI is InChI=1S/C19H23N3OS.ClH/c1-19(2,20)13-21-18(23)11-12-22-14-7-3-5-9-16(14)24-17-10-6-4-8-15(17)22;/h3-10H,11-13,20H2,1-2H3,(H,21,23);1H. The van der Waals surface area contributed by atoms with Crippen LogP contribution >= 0.6 is 24.2 Å². The molecule has 6 heteroatoms. The molecule has 134 valence electrons. The Balaban J connectivity index is 0.00000225. The van der Waals surface area contributed by atoms with Crippen LogP contribution in [0.3, 0.4) is 0 Å². The molecule has 0 saturated heterocycles. The lowest BCUT2D eigenvalue weighted by Gasteiger charge is -2.32. The first kappa shape index (κ1) is 19.6. The van der Waals surface area contributed by atoms with Gasteiger partial charge in [0.15, 0.2) is 0 Å². The van der Waals surface area contributed by atoms with Crippen LogP contribution in [-0.2, 0) is 4.79 Å². The van der Waals surface area contributed by atoms with Gasteiger partial charge in [0.25, 0.3) is 0 Å². The van der Waals surface area contributed by atoms with Crippen molar-refractivity contribution in [1.82, 2.24) is 5.32 Å². The molecule has 25 heavy (non-hydrogen) atoms. The fourth-order valence-electron chi connectivity index (χ4n) is 2.65. The van der Waals surface area contributed by atoms with Crippen LogP contribution in [0.15, 0.2) is 58.3 Å². The summed E-state index contributed by atoms with van der Waals surface area (Å²) in [5.74, 6) is 0.0294. The van der Waals surface area contributed by atoms with E-state index in [0.717, 1.165) is 11.4 Å². The molecular weight excluding hydrogens is 354 g/mol. The summed E-state index contributed by atoms with van der Waals surface area (Å²) >= 11 is 1.78. The van der Waals surface area contributed by atoms with Crippen molar-refractivity contribution in [2.24, 2.45) is 5.73 Å². The Morgan fingerprint density at radius 2 is 1.60 bits per heavy atom. The number of hydrogen-bond donors (Lipinski definition) is 2. The minimum absolute atomic E-state index is 0. The zero-order valence-electron chi connectivity index (χ0n) is 14.5. The second-order valence-electron chi connectivity index (χ2n) is 6.70. The number of halogens is 1. The molecule has 0 atom stereocenters. The highest BCUT2D eigenvalue weighted by molar-refractivity contribution is 7.99. The smallest absolute Gasteiger partial charge is 0.221 e. The fraction of sp³-hybridized carbons (Fsp3) is 0.316. The van der Waals surface area contributed by atoms with Crippen LogP contribution in [0, 0.1) is 0 Å². The molecule has 0 fully saturated rings. The largest absolute Gasteiger partial charge is 0.354 e. The second-order valence-corrected chi connectivity index (χ2v) is 7.79. The fourth-order valence-corrected chi connectivity index (χ4v) is 3.75. The number of nitrogens with one attached hydrogen (secondary N) is 1. The number of hydrogen-bond acceptors (Lipinski definition) is 4. The Morgan fingerprint density at radius 3 is 2.12 bits per heavy atom. The number of nitrogens with two attached hydrogens (primary N) is 1. The van der Waals surface area contributed by atoms with Gasteiger partial charge in [0.2, 0.25) is 5.91 Å². The maximum absolute atomic E-state index is 12.2. The zero-order valence-corrected chi connectivity index (χ0v) is 16.1. The van der Waals surface area contributed by atoms with E-state index < -0.39 is 5.54 Å². The van der Waals surface area contributed by atoms with Gasteiger partial charge in [0.05, 0.1) is 11.4 Å². The maximum atomic E-state index is 12.2. The molecule has 0 aliphatic carbocycles. The van der Waals surface area contributed by atoms with Crippen LogP contribution in [0.4, 0.5) is 11.4 Å². The Bertz CT molecular complexity index is 700. The van der Waals surface area contributed by atoms with Crippen molar-refractivity contribution in [1.29, 1.82) is 0 Å². The quantitative estimate of drug-likeness (QED) is 0.828. The molecule has 0 radical (unpaired) electrons. The molecule has 1 heterocycles. The van der Waals surface area contributed by atoms with Crippen molar-refractivity contribution in [3.8, 4) is 0 Å². The summed E-state index contributed by atoms with van der Waals surface area (Å²) in [4.78, 5) is 16.8. The predicted molar refractivity (Wildman–Crippen MR) is 107 cm³/mol. The topological polar surface area (TPSA) is 58.4 Å². The van der Waals surface area contributed by atoms with Gasteiger partial charge in [-0.1, -0.05) is 36.0 Å². The highest BCUT2D eigenvalue weighted by atomic mass is 35.5. The first-order valence-electron chi connectivity index (χ1n) is 8.13. The molecular formula is C19H24ClN3OS. The van der Waals surface area contributed by atoms with Gasteiger partial charge in [-0.05, 0) is 38.1 Å². The number of benzene rings is 2. The van der Waals surface area contributed by atoms with Crippen LogP contribution in [0.1, 0.15) is 20.3 Å². The molecule has 1 aliphatic rings. The van der Waals surface area contributed by atoms with Gasteiger partial charge >= 0.3 is 0 Å². The van der Waals surface area contributed by atoms with E-state index in [0.29, 0.717) is 19.5 Å². The molecule has 3 rings (SSSR count). The molecule has 0 unspecified atom stereocenters. The second kappa shape index (κ2) is 8.13. The van der Waals surface area contributed by atoms with E-state index >= 15 is 0 Å². The number of carbonyl (C=O) groups excluding carboxylic acids is 1. The lowest BCUT2D eigenvalue weighted by molar-refractivity contribution is -0.121. The van der Waals surface area contributed by atoms with Crippen molar-refractivity contribution in [2.75, 3.05) is 18.0 Å². The predicted octanol–water partition coefficient (Wildman–Crippen LogP) is 3.95. The number of anilines is 2. The van der Waals surface area contributed by atoms with Crippen molar-refractivity contribution in [3.05, 3.63) is 48.5 Å². The molecule has 2 aromatic carbocycles. The van der Waals surface area contributed by atoms with Crippen LogP contribution < -0.4 is 16.0 Å². The monoisotopic (exact) mass is 377 g/mol. The van der Waals surface area contributed by atoms with Crippen molar-refractivity contribution in [3.63, 3.8) is 0 Å². The third kappa shape index (κ3) is 4.91. The van der Waals surface area contributed by atoms with E-state index in [4.69, 9.17) is 5.73 Å². The van der Waals surface area contributed by atoms with Gasteiger partial charge in [0.1, 0.15) is 0 Å². The third-order valence-electron chi connectivity index (χ3n) is 3.84. The average molecular weight is 378 g/mol. The molecule has 0 bridgehead atoms. The Labute approximate surface area is 159 Å². The maximum Gasteiger partial charge on any atom is 0.221 e. The van der Waals surface area contributed by atoms with Gasteiger partial charge in [-0.15, -0.1) is 12.4 Å². The Kier molecular flexibility index (Phi) is 6.38. The van der Waals surface area contributed by atoms with Gasteiger partial charge in [0, 0.05) is 34.8 Å². The number of rotatable bonds is 5. The van der Waals surface area contributed by atoms with Crippen LogP contribution in [0.5, 0.6) is 0 Å². The van der Waals surface area contributed by atoms with Crippen LogP contribution in [0.2, 0.25) is 0 Å². The van der Waals surface area contributed by atoms with E-state index in [2.05, 4.69) is 34.5 Å². The van der Waals surface area contributed by atoms with Gasteiger partial charge < -0.3 is 16.0 Å². The summed E-state index contributed by atoms with van der Waals surface area (Å²) in [7, 11) is 0. The summed E-state index contributed by atoms with van der Waals surface area (Å²) < 4.78 is 0. The molecule has 0 saturated carbocycles. The first-order chi connectivity index (χ1) is 11.4. The van der Waals surface area contributed by atoms with E-state index in [1.54, 1.807) is 11.8 Å². The number of fused-ring (bicyclic) bond motifs is 2. The number of amides is 1. The number of carbonyl (C=O) groups is 1. The molecule has 0 aromatic heterocycles. The van der Waals surface area contributed by atoms with E-state index in [1.807, 2.05) is 38.1 Å².